The van der Waals surface area contributed by atoms with Gasteiger partial charge in [0.1, 0.15) is 5.75 Å². The summed E-state index contributed by atoms with van der Waals surface area (Å²) in [5.74, 6) is 6.56. The molecule has 0 fully saturated rings. The van der Waals surface area contributed by atoms with Crippen molar-refractivity contribution in [1.29, 1.82) is 0 Å². The molecular formula is C17H21N3O. The third-order valence-corrected chi connectivity index (χ3v) is 4.00. The first kappa shape index (κ1) is 14.0. The van der Waals surface area contributed by atoms with E-state index in [4.69, 9.17) is 10.6 Å². The van der Waals surface area contributed by atoms with E-state index in [-0.39, 0.29) is 6.04 Å². The van der Waals surface area contributed by atoms with E-state index in [0.29, 0.717) is 6.61 Å². The summed E-state index contributed by atoms with van der Waals surface area (Å²) in [5.41, 5.74) is 8.00. The molecule has 2 aromatic rings. The summed E-state index contributed by atoms with van der Waals surface area (Å²) in [4.78, 5) is 4.25. The van der Waals surface area contributed by atoms with E-state index in [1.807, 2.05) is 19.2 Å². The second kappa shape index (κ2) is 6.24. The number of nitrogens with zero attached hydrogens (tertiary/aromatic N) is 1. The highest BCUT2D eigenvalue weighted by molar-refractivity contribution is 5.40. The van der Waals surface area contributed by atoms with Gasteiger partial charge in [0, 0.05) is 6.20 Å². The molecule has 0 bridgehead atoms. The Morgan fingerprint density at radius 2 is 2.05 bits per heavy atom. The van der Waals surface area contributed by atoms with Gasteiger partial charge in [-0.25, -0.2) is 5.43 Å². The second-order valence-corrected chi connectivity index (χ2v) is 5.37. The Kier molecular flexibility index (Phi) is 4.18. The number of benzene rings is 1. The molecule has 1 heterocycles. The first-order valence-corrected chi connectivity index (χ1v) is 7.47. The van der Waals surface area contributed by atoms with Crippen LogP contribution in [0, 0.1) is 0 Å². The van der Waals surface area contributed by atoms with Crippen LogP contribution >= 0.6 is 0 Å². The third-order valence-electron chi connectivity index (χ3n) is 4.00. The Morgan fingerprint density at radius 3 is 2.86 bits per heavy atom. The Bertz CT molecular complexity index is 627. The minimum Gasteiger partial charge on any atom is -0.492 e. The van der Waals surface area contributed by atoms with Crippen molar-refractivity contribution in [3.8, 4) is 5.75 Å². The standard InChI is InChI=1S/C17H21N3O/c1-2-21-16-9-15(10-19-11-16)17(20-18)14-7-6-12-4-3-5-13(12)8-14/h6-11,17,20H,2-5,18H2,1H3. The SMILES string of the molecule is CCOc1cncc(C(NN)c2ccc3c(c2)CCC3)c1. The number of pyridine rings is 1. The van der Waals surface area contributed by atoms with E-state index in [1.54, 1.807) is 6.20 Å². The van der Waals surface area contributed by atoms with Crippen LogP contribution in [0.4, 0.5) is 0 Å². The topological polar surface area (TPSA) is 60.2 Å². The monoisotopic (exact) mass is 283 g/mol. The molecule has 3 rings (SSSR count). The molecule has 0 saturated carbocycles. The van der Waals surface area contributed by atoms with Crippen LogP contribution in [0.25, 0.3) is 0 Å². The minimum absolute atomic E-state index is 0.0659. The lowest BCUT2D eigenvalue weighted by Gasteiger charge is -2.18. The molecule has 3 N–H and O–H groups in total. The summed E-state index contributed by atoms with van der Waals surface area (Å²) in [6.45, 7) is 2.59. The molecule has 1 atom stereocenters. The molecule has 21 heavy (non-hydrogen) atoms. The fraction of sp³-hybridized carbons (Fsp3) is 0.353. The molecule has 0 saturated heterocycles. The number of aryl methyl sites for hydroxylation is 2. The first-order chi connectivity index (χ1) is 10.3. The number of nitrogens with two attached hydrogens (primary N) is 1. The zero-order valence-corrected chi connectivity index (χ0v) is 12.3. The van der Waals surface area contributed by atoms with Gasteiger partial charge in [-0.1, -0.05) is 18.2 Å². The lowest BCUT2D eigenvalue weighted by molar-refractivity contribution is 0.338. The van der Waals surface area contributed by atoms with Crippen molar-refractivity contribution in [1.82, 2.24) is 10.4 Å². The van der Waals surface area contributed by atoms with Gasteiger partial charge in [0.25, 0.3) is 0 Å². The number of ether oxygens (including phenoxy) is 1. The first-order valence-electron chi connectivity index (χ1n) is 7.47. The molecule has 0 amide bonds. The lowest BCUT2D eigenvalue weighted by Crippen LogP contribution is -2.29. The van der Waals surface area contributed by atoms with Crippen LogP contribution in [-0.2, 0) is 12.8 Å². The smallest absolute Gasteiger partial charge is 0.137 e. The number of fused-ring (bicyclic) bond motifs is 1. The molecule has 1 aromatic heterocycles. The van der Waals surface area contributed by atoms with E-state index in [1.165, 1.54) is 29.5 Å². The van der Waals surface area contributed by atoms with Gasteiger partial charge in [-0.2, -0.15) is 0 Å². The average Bonchev–Trinajstić information content (AvgIpc) is 2.96. The highest BCUT2D eigenvalue weighted by Crippen LogP contribution is 2.29. The van der Waals surface area contributed by atoms with Crippen LogP contribution in [0.5, 0.6) is 5.75 Å². The van der Waals surface area contributed by atoms with Crippen molar-refractivity contribution in [3.63, 3.8) is 0 Å². The highest BCUT2D eigenvalue weighted by Gasteiger charge is 2.17. The van der Waals surface area contributed by atoms with Crippen molar-refractivity contribution >= 4 is 0 Å². The summed E-state index contributed by atoms with van der Waals surface area (Å²) in [7, 11) is 0. The summed E-state index contributed by atoms with van der Waals surface area (Å²) >= 11 is 0. The molecule has 0 aliphatic heterocycles. The summed E-state index contributed by atoms with van der Waals surface area (Å²) in [6.07, 6.45) is 7.17. The van der Waals surface area contributed by atoms with E-state index in [2.05, 4.69) is 28.6 Å². The van der Waals surface area contributed by atoms with E-state index >= 15 is 0 Å². The summed E-state index contributed by atoms with van der Waals surface area (Å²) in [5, 5.41) is 0. The third kappa shape index (κ3) is 2.91. The summed E-state index contributed by atoms with van der Waals surface area (Å²) in [6, 6.07) is 8.57. The zero-order valence-electron chi connectivity index (χ0n) is 12.3. The number of nitrogens with one attached hydrogen (secondary N) is 1. The van der Waals surface area contributed by atoms with Crippen molar-refractivity contribution in [3.05, 3.63) is 58.9 Å². The molecular weight excluding hydrogens is 262 g/mol. The molecule has 1 aliphatic rings. The Morgan fingerprint density at radius 1 is 1.19 bits per heavy atom. The van der Waals surface area contributed by atoms with Gasteiger partial charge in [0.15, 0.2) is 0 Å². The fourth-order valence-corrected chi connectivity index (χ4v) is 3.00. The number of hydrogen-bond donors (Lipinski definition) is 2. The van der Waals surface area contributed by atoms with Crippen LogP contribution in [0.1, 0.15) is 41.6 Å². The predicted octanol–water partition coefficient (Wildman–Crippen LogP) is 2.52. The maximum atomic E-state index is 5.79. The quantitative estimate of drug-likeness (QED) is 0.654. The molecule has 0 radical (unpaired) electrons. The normalized spacial score (nSPS) is 14.8. The van der Waals surface area contributed by atoms with E-state index < -0.39 is 0 Å². The molecule has 4 heteroatoms. The van der Waals surface area contributed by atoms with Gasteiger partial charge in [-0.05, 0) is 54.5 Å². The lowest BCUT2D eigenvalue weighted by atomic mass is 9.97. The maximum Gasteiger partial charge on any atom is 0.137 e. The van der Waals surface area contributed by atoms with Gasteiger partial charge in [-0.15, -0.1) is 0 Å². The Labute approximate surface area is 125 Å². The van der Waals surface area contributed by atoms with Crippen LogP contribution in [0.2, 0.25) is 0 Å². The zero-order chi connectivity index (χ0) is 14.7. The molecule has 1 aromatic carbocycles. The largest absolute Gasteiger partial charge is 0.492 e. The molecule has 1 aliphatic carbocycles. The molecule has 4 nitrogen and oxygen atoms in total. The minimum atomic E-state index is -0.0659. The number of rotatable bonds is 5. The van der Waals surface area contributed by atoms with Gasteiger partial charge in [0.05, 0.1) is 18.8 Å². The van der Waals surface area contributed by atoms with Crippen molar-refractivity contribution < 1.29 is 4.74 Å². The maximum absolute atomic E-state index is 5.79. The van der Waals surface area contributed by atoms with Gasteiger partial charge < -0.3 is 4.74 Å². The fourth-order valence-electron chi connectivity index (χ4n) is 3.00. The van der Waals surface area contributed by atoms with E-state index in [0.717, 1.165) is 17.7 Å². The molecule has 110 valence electrons. The molecule has 0 spiro atoms. The Balaban J connectivity index is 1.92. The van der Waals surface area contributed by atoms with Crippen molar-refractivity contribution in [2.45, 2.75) is 32.2 Å². The predicted molar refractivity (Wildman–Crippen MR) is 83.0 cm³/mol. The average molecular weight is 283 g/mol. The second-order valence-electron chi connectivity index (χ2n) is 5.37. The van der Waals surface area contributed by atoms with Gasteiger partial charge in [0.2, 0.25) is 0 Å². The number of aromatic nitrogens is 1. The number of hydrazine groups is 1. The van der Waals surface area contributed by atoms with Crippen LogP contribution in [0.3, 0.4) is 0 Å². The van der Waals surface area contributed by atoms with E-state index in [9.17, 15) is 0 Å². The van der Waals surface area contributed by atoms with Crippen LogP contribution in [-0.4, -0.2) is 11.6 Å². The van der Waals surface area contributed by atoms with Crippen molar-refractivity contribution in [2.24, 2.45) is 5.84 Å². The number of hydrogen-bond acceptors (Lipinski definition) is 4. The Hall–Kier alpha value is -1.91. The van der Waals surface area contributed by atoms with Crippen LogP contribution in [0.15, 0.2) is 36.7 Å². The van der Waals surface area contributed by atoms with Crippen LogP contribution < -0.4 is 16.0 Å². The van der Waals surface area contributed by atoms with Gasteiger partial charge >= 0.3 is 0 Å². The molecule has 1 unspecified atom stereocenters. The van der Waals surface area contributed by atoms with Crippen molar-refractivity contribution in [2.75, 3.05) is 6.61 Å². The van der Waals surface area contributed by atoms with Gasteiger partial charge in [-0.3, -0.25) is 10.8 Å². The highest BCUT2D eigenvalue weighted by atomic mass is 16.5. The summed E-state index contributed by atoms with van der Waals surface area (Å²) < 4.78 is 5.52.